The molecule has 1 fully saturated rings. The van der Waals surface area contributed by atoms with E-state index < -0.39 is 11.9 Å². The van der Waals surface area contributed by atoms with Gasteiger partial charge in [-0.3, -0.25) is 0 Å². The summed E-state index contributed by atoms with van der Waals surface area (Å²) in [4.78, 5) is 1.30. The van der Waals surface area contributed by atoms with Gasteiger partial charge in [-0.15, -0.1) is 11.3 Å². The van der Waals surface area contributed by atoms with Crippen LogP contribution in [0.25, 0.3) is 10.1 Å². The zero-order valence-electron chi connectivity index (χ0n) is 26.1. The first-order valence-electron chi connectivity index (χ1n) is 15.6. The molecule has 0 amide bonds. The highest BCUT2D eigenvalue weighted by Crippen LogP contribution is 2.43. The van der Waals surface area contributed by atoms with E-state index in [0.29, 0.717) is 19.6 Å². The van der Waals surface area contributed by atoms with Crippen LogP contribution in [0.5, 0.6) is 0 Å². The van der Waals surface area contributed by atoms with Crippen molar-refractivity contribution < 1.29 is 19.3 Å². The van der Waals surface area contributed by atoms with Crippen LogP contribution in [0, 0.1) is 20.8 Å². The third-order valence-corrected chi connectivity index (χ3v) is 10.3. The van der Waals surface area contributed by atoms with E-state index in [4.69, 9.17) is 14.2 Å². The van der Waals surface area contributed by atoms with Gasteiger partial charge in [0.05, 0.1) is 25.4 Å². The molecule has 4 nitrogen and oxygen atoms in total. The van der Waals surface area contributed by atoms with Gasteiger partial charge in [0.2, 0.25) is 5.79 Å². The van der Waals surface area contributed by atoms with Crippen molar-refractivity contribution in [1.82, 2.24) is 0 Å². The lowest BCUT2D eigenvalue weighted by Gasteiger charge is -2.47. The Hall–Kier alpha value is -3.32. The van der Waals surface area contributed by atoms with E-state index in [1.54, 1.807) is 0 Å². The van der Waals surface area contributed by atoms with Gasteiger partial charge < -0.3 is 19.3 Å². The molecular formula is C39H42O4S. The SMILES string of the molecule is CC[C@@H]1C[C@H](OCc2ccccc2)[C@@H](OCc2ccccc2)C(O)(c2cc(Cc3cc4ccccc4s3)c(C)c(C)c2C)O1. The molecule has 2 heterocycles. The second-order valence-electron chi connectivity index (χ2n) is 12.0. The van der Waals surface area contributed by atoms with Gasteiger partial charge in [0.1, 0.15) is 6.10 Å². The summed E-state index contributed by atoms with van der Waals surface area (Å²) in [7, 11) is 0. The van der Waals surface area contributed by atoms with Crippen molar-refractivity contribution >= 4 is 21.4 Å². The average Bonchev–Trinajstić information content (AvgIpc) is 3.46. The number of fused-ring (bicyclic) bond motifs is 1. The van der Waals surface area contributed by atoms with Gasteiger partial charge in [0, 0.05) is 28.0 Å². The molecule has 4 atom stereocenters. The Labute approximate surface area is 265 Å². The van der Waals surface area contributed by atoms with Crippen LogP contribution in [-0.2, 0) is 39.6 Å². The van der Waals surface area contributed by atoms with E-state index in [1.165, 1.54) is 26.1 Å². The molecule has 1 aromatic heterocycles. The van der Waals surface area contributed by atoms with Crippen molar-refractivity contribution in [3.05, 3.63) is 141 Å². The number of hydrogen-bond acceptors (Lipinski definition) is 5. The molecule has 6 rings (SSSR count). The van der Waals surface area contributed by atoms with E-state index in [2.05, 4.69) is 76.2 Å². The Bertz CT molecular complexity index is 1660. The quantitative estimate of drug-likeness (QED) is 0.172. The Morgan fingerprint density at radius 2 is 1.43 bits per heavy atom. The van der Waals surface area contributed by atoms with Crippen molar-refractivity contribution in [2.24, 2.45) is 0 Å². The Kier molecular flexibility index (Phi) is 9.31. The van der Waals surface area contributed by atoms with Crippen molar-refractivity contribution in [2.75, 3.05) is 0 Å². The van der Waals surface area contributed by atoms with E-state index in [9.17, 15) is 5.11 Å². The molecule has 44 heavy (non-hydrogen) atoms. The first-order valence-corrected chi connectivity index (χ1v) is 16.5. The highest BCUT2D eigenvalue weighted by Gasteiger charge is 2.52. The monoisotopic (exact) mass is 606 g/mol. The molecule has 1 aliphatic rings. The molecule has 1 N–H and O–H groups in total. The zero-order chi connectivity index (χ0) is 30.7. The maximum atomic E-state index is 12.8. The summed E-state index contributed by atoms with van der Waals surface area (Å²) < 4.78 is 21.2. The standard InChI is InChI=1S/C39H42O4S/c1-5-33-23-36(41-24-29-14-8-6-9-15-29)38(42-25-30-16-10-7-11-17-30)39(40,43-33)35-22-32(27(3)26(2)28(35)4)21-34-20-31-18-12-13-19-37(31)44-34/h6-20,22,33,36,38,40H,5,21,23-25H2,1-4H3/t33-,36+,38-,39?/m1/s1. The van der Waals surface area contributed by atoms with Crippen molar-refractivity contribution in [3.63, 3.8) is 0 Å². The second kappa shape index (κ2) is 13.4. The van der Waals surface area contributed by atoms with Gasteiger partial charge in [-0.05, 0) is 84.2 Å². The van der Waals surface area contributed by atoms with Gasteiger partial charge >= 0.3 is 0 Å². The number of rotatable bonds is 10. The zero-order valence-corrected chi connectivity index (χ0v) is 26.9. The van der Waals surface area contributed by atoms with Crippen LogP contribution in [0.3, 0.4) is 0 Å². The fourth-order valence-corrected chi connectivity index (χ4v) is 7.45. The van der Waals surface area contributed by atoms with Crippen molar-refractivity contribution in [3.8, 4) is 0 Å². The third kappa shape index (κ3) is 6.39. The fraction of sp³-hybridized carbons (Fsp3) is 0.333. The molecule has 4 aromatic carbocycles. The summed E-state index contributed by atoms with van der Waals surface area (Å²) >= 11 is 1.83. The van der Waals surface area contributed by atoms with Gasteiger partial charge in [-0.2, -0.15) is 0 Å². The predicted molar refractivity (Wildman–Crippen MR) is 179 cm³/mol. The summed E-state index contributed by atoms with van der Waals surface area (Å²) in [5.74, 6) is -1.69. The number of thiophene rings is 1. The topological polar surface area (TPSA) is 47.9 Å². The highest BCUT2D eigenvalue weighted by atomic mass is 32.1. The molecular weight excluding hydrogens is 564 g/mol. The minimum atomic E-state index is -1.69. The number of aliphatic hydroxyl groups is 1. The van der Waals surface area contributed by atoms with Gasteiger partial charge in [0.25, 0.3) is 0 Å². The normalized spacial score (nSPS) is 22.0. The maximum absolute atomic E-state index is 12.8. The van der Waals surface area contributed by atoms with Crippen LogP contribution in [-0.4, -0.2) is 23.4 Å². The van der Waals surface area contributed by atoms with Crippen LogP contribution in [0.1, 0.15) is 63.6 Å². The van der Waals surface area contributed by atoms with E-state index >= 15 is 0 Å². The fourth-order valence-electron chi connectivity index (χ4n) is 6.37. The summed E-state index contributed by atoms with van der Waals surface area (Å²) in [6.45, 7) is 9.31. The molecule has 1 unspecified atom stereocenters. The smallest absolute Gasteiger partial charge is 0.222 e. The molecule has 0 spiro atoms. The predicted octanol–water partition coefficient (Wildman–Crippen LogP) is 8.93. The summed E-state index contributed by atoms with van der Waals surface area (Å²) in [5.41, 5.74) is 7.51. The van der Waals surface area contributed by atoms with E-state index in [0.717, 1.165) is 40.7 Å². The molecule has 0 bridgehead atoms. The Morgan fingerprint density at radius 1 is 0.795 bits per heavy atom. The van der Waals surface area contributed by atoms with Crippen molar-refractivity contribution in [2.45, 2.75) is 84.3 Å². The molecule has 228 valence electrons. The molecule has 1 saturated heterocycles. The van der Waals surface area contributed by atoms with Crippen LogP contribution in [0.15, 0.2) is 97.1 Å². The summed E-state index contributed by atoms with van der Waals surface area (Å²) in [6, 6.07) is 33.2. The average molecular weight is 607 g/mol. The van der Waals surface area contributed by atoms with Crippen LogP contribution in [0.4, 0.5) is 0 Å². The molecule has 5 heteroatoms. The van der Waals surface area contributed by atoms with Gasteiger partial charge in [0.15, 0.2) is 0 Å². The third-order valence-electron chi connectivity index (χ3n) is 9.16. The van der Waals surface area contributed by atoms with Crippen LogP contribution in [0.2, 0.25) is 0 Å². The lowest BCUT2D eigenvalue weighted by Crippen LogP contribution is -2.58. The summed E-state index contributed by atoms with van der Waals surface area (Å²) in [6.07, 6.45) is 0.920. The lowest BCUT2D eigenvalue weighted by molar-refractivity contribution is -0.347. The largest absolute Gasteiger partial charge is 0.371 e. The van der Waals surface area contributed by atoms with Crippen molar-refractivity contribution in [1.29, 1.82) is 0 Å². The molecule has 5 aromatic rings. The van der Waals surface area contributed by atoms with Crippen LogP contribution >= 0.6 is 11.3 Å². The number of ether oxygens (including phenoxy) is 3. The Balaban J connectivity index is 1.39. The maximum Gasteiger partial charge on any atom is 0.222 e. The molecule has 0 saturated carbocycles. The Morgan fingerprint density at radius 3 is 2.09 bits per heavy atom. The first-order chi connectivity index (χ1) is 21.4. The lowest BCUT2D eigenvalue weighted by atomic mass is 9.82. The van der Waals surface area contributed by atoms with E-state index in [-0.39, 0.29) is 12.2 Å². The molecule has 1 aliphatic heterocycles. The van der Waals surface area contributed by atoms with Gasteiger partial charge in [-0.25, -0.2) is 0 Å². The summed E-state index contributed by atoms with van der Waals surface area (Å²) in [5, 5.41) is 14.1. The highest BCUT2D eigenvalue weighted by molar-refractivity contribution is 7.19. The second-order valence-corrected chi connectivity index (χ2v) is 13.2. The van der Waals surface area contributed by atoms with Crippen LogP contribution < -0.4 is 0 Å². The number of benzene rings is 4. The molecule has 0 aliphatic carbocycles. The van der Waals surface area contributed by atoms with E-state index in [1.807, 2.05) is 59.9 Å². The molecule has 0 radical (unpaired) electrons. The number of hydrogen-bond donors (Lipinski definition) is 1. The minimum Gasteiger partial charge on any atom is -0.371 e. The first kappa shape index (κ1) is 30.7. The minimum absolute atomic E-state index is 0.176. The van der Waals surface area contributed by atoms with Gasteiger partial charge in [-0.1, -0.05) is 85.8 Å².